The molecule has 0 saturated heterocycles. The molecule has 2 heterocycles. The maximum absolute atomic E-state index is 12.7. The number of carbonyl (C=O) groups is 1. The first kappa shape index (κ1) is 17.9. The molecular weight excluding hydrogens is 356 g/mol. The summed E-state index contributed by atoms with van der Waals surface area (Å²) in [5.74, 6) is 1.76. The molecule has 1 aliphatic heterocycles. The Kier molecular flexibility index (Phi) is 4.85. The number of hydrogen-bond donors (Lipinski definition) is 1. The molecule has 1 N–H and O–H groups in total. The number of aromatic nitrogens is 1. The number of amides is 1. The summed E-state index contributed by atoms with van der Waals surface area (Å²) in [6.45, 7) is 0.772. The van der Waals surface area contributed by atoms with Gasteiger partial charge in [0.2, 0.25) is 0 Å². The molecular formula is C22H20N2O4. The molecule has 0 bridgehead atoms. The molecule has 28 heavy (non-hydrogen) atoms. The van der Waals surface area contributed by atoms with Crippen LogP contribution in [0.1, 0.15) is 21.5 Å². The quantitative estimate of drug-likeness (QED) is 0.737. The van der Waals surface area contributed by atoms with E-state index in [0.717, 1.165) is 22.3 Å². The zero-order valence-electron chi connectivity index (χ0n) is 15.7. The summed E-state index contributed by atoms with van der Waals surface area (Å²) in [5.41, 5.74) is 4.47. The molecule has 4 rings (SSSR count). The summed E-state index contributed by atoms with van der Waals surface area (Å²) in [4.78, 5) is 16.8. The van der Waals surface area contributed by atoms with E-state index in [0.29, 0.717) is 36.0 Å². The van der Waals surface area contributed by atoms with Gasteiger partial charge in [0.15, 0.2) is 11.5 Å². The minimum Gasteiger partial charge on any atom is -0.493 e. The lowest BCUT2D eigenvalue weighted by molar-refractivity contribution is 0.0950. The van der Waals surface area contributed by atoms with Crippen molar-refractivity contribution in [3.63, 3.8) is 0 Å². The number of benzene rings is 2. The normalized spacial score (nSPS) is 11.6. The molecule has 0 radical (unpaired) electrons. The van der Waals surface area contributed by atoms with E-state index in [1.807, 2.05) is 30.3 Å². The highest BCUT2D eigenvalue weighted by molar-refractivity contribution is 5.95. The third-order valence-corrected chi connectivity index (χ3v) is 4.74. The molecule has 1 aliphatic rings. The lowest BCUT2D eigenvalue weighted by Crippen LogP contribution is -2.23. The lowest BCUT2D eigenvalue weighted by atomic mass is 9.97. The van der Waals surface area contributed by atoms with Crippen molar-refractivity contribution in [1.82, 2.24) is 10.3 Å². The molecule has 0 spiro atoms. The highest BCUT2D eigenvalue weighted by Crippen LogP contribution is 2.37. The average Bonchev–Trinajstić information content (AvgIpc) is 2.76. The molecule has 0 unspecified atom stereocenters. The van der Waals surface area contributed by atoms with Crippen molar-refractivity contribution >= 4 is 5.91 Å². The lowest BCUT2D eigenvalue weighted by Gasteiger charge is -2.21. The Bertz CT molecular complexity index is 1030. The number of nitrogens with one attached hydrogen (secondary N) is 1. The number of para-hydroxylation sites is 1. The molecule has 1 amide bonds. The predicted molar refractivity (Wildman–Crippen MR) is 105 cm³/mol. The van der Waals surface area contributed by atoms with E-state index in [2.05, 4.69) is 10.3 Å². The summed E-state index contributed by atoms with van der Waals surface area (Å²) < 4.78 is 16.5. The SMILES string of the molecule is COc1cccc(CNC(=O)c2ccc3c(c2)OCc2cnccc2-3)c1OC. The van der Waals surface area contributed by atoms with Crippen molar-refractivity contribution in [2.24, 2.45) is 0 Å². The summed E-state index contributed by atoms with van der Waals surface area (Å²) in [6, 6.07) is 13.0. The second-order valence-electron chi connectivity index (χ2n) is 6.37. The van der Waals surface area contributed by atoms with E-state index in [-0.39, 0.29) is 5.91 Å². The van der Waals surface area contributed by atoms with Crippen LogP contribution in [-0.4, -0.2) is 25.1 Å². The van der Waals surface area contributed by atoms with E-state index < -0.39 is 0 Å². The Hall–Kier alpha value is -3.54. The van der Waals surface area contributed by atoms with E-state index >= 15 is 0 Å². The first-order valence-electron chi connectivity index (χ1n) is 8.89. The fraction of sp³-hybridized carbons (Fsp3) is 0.182. The number of carbonyl (C=O) groups excluding carboxylic acids is 1. The van der Waals surface area contributed by atoms with Crippen molar-refractivity contribution in [2.45, 2.75) is 13.2 Å². The van der Waals surface area contributed by atoms with Crippen LogP contribution >= 0.6 is 0 Å². The maximum Gasteiger partial charge on any atom is 0.251 e. The highest BCUT2D eigenvalue weighted by Gasteiger charge is 2.19. The van der Waals surface area contributed by atoms with Gasteiger partial charge in [-0.25, -0.2) is 0 Å². The zero-order chi connectivity index (χ0) is 19.5. The number of ether oxygens (including phenoxy) is 3. The predicted octanol–water partition coefficient (Wildman–Crippen LogP) is 3.59. The molecule has 6 heteroatoms. The summed E-state index contributed by atoms with van der Waals surface area (Å²) in [6.07, 6.45) is 3.57. The average molecular weight is 376 g/mol. The zero-order valence-corrected chi connectivity index (χ0v) is 15.7. The van der Waals surface area contributed by atoms with Crippen LogP contribution in [-0.2, 0) is 13.2 Å². The number of nitrogens with zero attached hydrogens (tertiary/aromatic N) is 1. The van der Waals surface area contributed by atoms with Gasteiger partial charge < -0.3 is 19.5 Å². The van der Waals surface area contributed by atoms with Crippen molar-refractivity contribution in [3.8, 4) is 28.4 Å². The fourth-order valence-electron chi connectivity index (χ4n) is 3.34. The summed E-state index contributed by atoms with van der Waals surface area (Å²) >= 11 is 0. The van der Waals surface area contributed by atoms with E-state index in [1.165, 1.54) is 0 Å². The van der Waals surface area contributed by atoms with Crippen molar-refractivity contribution in [1.29, 1.82) is 0 Å². The first-order chi connectivity index (χ1) is 13.7. The van der Waals surface area contributed by atoms with E-state index in [4.69, 9.17) is 14.2 Å². The molecule has 2 aromatic carbocycles. The number of rotatable bonds is 5. The van der Waals surface area contributed by atoms with Crippen LogP contribution in [0.5, 0.6) is 17.2 Å². The Labute approximate surface area is 163 Å². The first-order valence-corrected chi connectivity index (χ1v) is 8.89. The van der Waals surface area contributed by atoms with Crippen LogP contribution in [0.2, 0.25) is 0 Å². The van der Waals surface area contributed by atoms with Crippen LogP contribution in [0.15, 0.2) is 54.9 Å². The molecule has 6 nitrogen and oxygen atoms in total. The number of hydrogen-bond acceptors (Lipinski definition) is 5. The second kappa shape index (κ2) is 7.60. The molecule has 142 valence electrons. The Balaban J connectivity index is 1.53. The summed E-state index contributed by atoms with van der Waals surface area (Å²) in [5, 5.41) is 2.93. The van der Waals surface area contributed by atoms with Crippen LogP contribution in [0.3, 0.4) is 0 Å². The third kappa shape index (κ3) is 3.24. The maximum atomic E-state index is 12.7. The molecule has 1 aromatic heterocycles. The van der Waals surface area contributed by atoms with Crippen molar-refractivity contribution in [3.05, 3.63) is 71.5 Å². The van der Waals surface area contributed by atoms with Gasteiger partial charge in [-0.05, 0) is 35.9 Å². The Morgan fingerprint density at radius 1 is 1.14 bits per heavy atom. The van der Waals surface area contributed by atoms with Gasteiger partial charge in [-0.1, -0.05) is 12.1 Å². The van der Waals surface area contributed by atoms with Gasteiger partial charge in [-0.2, -0.15) is 0 Å². The monoisotopic (exact) mass is 376 g/mol. The largest absolute Gasteiger partial charge is 0.493 e. The van der Waals surface area contributed by atoms with Crippen LogP contribution in [0.4, 0.5) is 0 Å². The minimum absolute atomic E-state index is 0.184. The van der Waals surface area contributed by atoms with Gasteiger partial charge in [0.05, 0.1) is 14.2 Å². The molecule has 0 saturated carbocycles. The van der Waals surface area contributed by atoms with Crippen LogP contribution in [0, 0.1) is 0 Å². The third-order valence-electron chi connectivity index (χ3n) is 4.74. The highest BCUT2D eigenvalue weighted by atomic mass is 16.5. The van der Waals surface area contributed by atoms with Gasteiger partial charge in [-0.15, -0.1) is 0 Å². The number of methoxy groups -OCH3 is 2. The van der Waals surface area contributed by atoms with E-state index in [1.54, 1.807) is 38.7 Å². The summed E-state index contributed by atoms with van der Waals surface area (Å²) in [7, 11) is 3.17. The molecule has 3 aromatic rings. The topological polar surface area (TPSA) is 69.7 Å². The van der Waals surface area contributed by atoms with Gasteiger partial charge in [0, 0.05) is 41.2 Å². The Morgan fingerprint density at radius 3 is 2.86 bits per heavy atom. The van der Waals surface area contributed by atoms with Gasteiger partial charge in [-0.3, -0.25) is 9.78 Å². The minimum atomic E-state index is -0.184. The fourth-order valence-corrected chi connectivity index (χ4v) is 3.34. The Morgan fingerprint density at radius 2 is 2.04 bits per heavy atom. The molecule has 0 atom stereocenters. The molecule has 0 fully saturated rings. The van der Waals surface area contributed by atoms with Crippen LogP contribution < -0.4 is 19.5 Å². The number of fused-ring (bicyclic) bond motifs is 3. The van der Waals surface area contributed by atoms with Crippen molar-refractivity contribution in [2.75, 3.05) is 14.2 Å². The molecule has 0 aliphatic carbocycles. The van der Waals surface area contributed by atoms with Gasteiger partial charge in [0.25, 0.3) is 5.91 Å². The van der Waals surface area contributed by atoms with Crippen LogP contribution in [0.25, 0.3) is 11.1 Å². The second-order valence-corrected chi connectivity index (χ2v) is 6.37. The van der Waals surface area contributed by atoms with Crippen molar-refractivity contribution < 1.29 is 19.0 Å². The standard InChI is InChI=1S/C22H20N2O4/c1-26-19-5-3-4-15(21(19)27-2)12-24-22(25)14-6-7-18-17-8-9-23-11-16(17)13-28-20(18)10-14/h3-11H,12-13H2,1-2H3,(H,24,25). The van der Waals surface area contributed by atoms with E-state index in [9.17, 15) is 4.79 Å². The number of pyridine rings is 1. The van der Waals surface area contributed by atoms with Gasteiger partial charge >= 0.3 is 0 Å². The smallest absolute Gasteiger partial charge is 0.251 e. The van der Waals surface area contributed by atoms with Gasteiger partial charge in [0.1, 0.15) is 12.4 Å².